The zero-order valence-corrected chi connectivity index (χ0v) is 23.3. The maximum absolute atomic E-state index is 13.7. The van der Waals surface area contributed by atoms with Gasteiger partial charge in [-0.25, -0.2) is 7.94 Å². The fourth-order valence-electron chi connectivity index (χ4n) is 2.67. The van der Waals surface area contributed by atoms with Crippen LogP contribution in [0, 0.1) is 0 Å². The van der Waals surface area contributed by atoms with Gasteiger partial charge in [-0.15, -0.1) is 0 Å². The number of carbonyl (C=O) groups excluding carboxylic acids is 2. The van der Waals surface area contributed by atoms with Crippen LogP contribution < -0.4 is 9.47 Å². The fourth-order valence-corrected chi connectivity index (χ4v) is 6.21. The van der Waals surface area contributed by atoms with E-state index in [2.05, 4.69) is 0 Å². The number of nitrogens with zero attached hydrogens (tertiary/aromatic N) is 1. The summed E-state index contributed by atoms with van der Waals surface area (Å²) in [6, 6.07) is 12.8. The average Bonchev–Trinajstić information content (AvgIpc) is 2.90. The standard InChI is InChI=1S/C23H27F3NO8PS2/c1-4-5-12-33-21(28)15-27(22(29)23(24,25)26)16-36(30,34-37-19-10-6-8-17(13-19)31-2)35-38-20-11-7-9-18(14-20)32-3/h6-11,13-14H,4-5,12,15-16H2,1-3H3. The first-order chi connectivity index (χ1) is 18.0. The minimum absolute atomic E-state index is 0.0363. The first kappa shape index (κ1) is 31.8. The van der Waals surface area contributed by atoms with E-state index in [-0.39, 0.29) is 11.5 Å². The summed E-state index contributed by atoms with van der Waals surface area (Å²) < 4.78 is 79.6. The monoisotopic (exact) mass is 597 g/mol. The number of esters is 1. The third-order valence-electron chi connectivity index (χ3n) is 4.53. The number of ether oxygens (including phenoxy) is 3. The first-order valence-corrected chi connectivity index (χ1v) is 14.3. The molecule has 210 valence electrons. The van der Waals surface area contributed by atoms with Crippen molar-refractivity contribution in [1.29, 1.82) is 0 Å². The normalized spacial score (nSPS) is 11.6. The Labute approximate surface area is 227 Å². The lowest BCUT2D eigenvalue weighted by Crippen LogP contribution is -2.44. The van der Waals surface area contributed by atoms with Gasteiger partial charge in [-0.2, -0.15) is 13.2 Å². The average molecular weight is 598 g/mol. The highest BCUT2D eigenvalue weighted by Crippen LogP contribution is 2.57. The summed E-state index contributed by atoms with van der Waals surface area (Å²) in [5, 5.41) is 0. The molecule has 0 aliphatic heterocycles. The van der Waals surface area contributed by atoms with E-state index in [0.29, 0.717) is 58.2 Å². The third kappa shape index (κ3) is 10.8. The van der Waals surface area contributed by atoms with E-state index in [4.69, 9.17) is 22.2 Å². The van der Waals surface area contributed by atoms with Crippen LogP contribution in [0.4, 0.5) is 13.2 Å². The second kappa shape index (κ2) is 15.3. The van der Waals surface area contributed by atoms with Crippen LogP contribution in [-0.4, -0.2) is 56.6 Å². The van der Waals surface area contributed by atoms with E-state index >= 15 is 0 Å². The molecule has 0 unspecified atom stereocenters. The number of alkyl halides is 3. The van der Waals surface area contributed by atoms with E-state index in [1.807, 2.05) is 6.92 Å². The van der Waals surface area contributed by atoms with Crippen LogP contribution in [0.5, 0.6) is 11.5 Å². The van der Waals surface area contributed by atoms with Gasteiger partial charge in [0.05, 0.1) is 20.8 Å². The number of hydrogen-bond donors (Lipinski definition) is 0. The lowest BCUT2D eigenvalue weighted by atomic mass is 10.3. The van der Waals surface area contributed by atoms with Crippen LogP contribution in [0.25, 0.3) is 0 Å². The number of benzene rings is 2. The molecule has 0 fully saturated rings. The highest BCUT2D eigenvalue weighted by Gasteiger charge is 2.46. The summed E-state index contributed by atoms with van der Waals surface area (Å²) in [5.41, 5.74) is 0. The smallest absolute Gasteiger partial charge is 0.471 e. The van der Waals surface area contributed by atoms with Crippen molar-refractivity contribution >= 4 is 43.6 Å². The molecule has 2 rings (SSSR count). The molecule has 0 N–H and O–H groups in total. The Morgan fingerprint density at radius 1 is 0.947 bits per heavy atom. The molecule has 0 aliphatic carbocycles. The lowest BCUT2D eigenvalue weighted by Gasteiger charge is -2.26. The summed E-state index contributed by atoms with van der Waals surface area (Å²) >= 11 is 1.11. The van der Waals surface area contributed by atoms with E-state index in [0.717, 1.165) is 0 Å². The van der Waals surface area contributed by atoms with E-state index < -0.39 is 38.5 Å². The van der Waals surface area contributed by atoms with Crippen LogP contribution in [0.15, 0.2) is 58.3 Å². The summed E-state index contributed by atoms with van der Waals surface area (Å²) in [4.78, 5) is 25.1. The number of carbonyl (C=O) groups is 2. The minimum Gasteiger partial charge on any atom is -0.497 e. The maximum Gasteiger partial charge on any atom is 0.471 e. The molecule has 0 atom stereocenters. The minimum atomic E-state index is -5.35. The van der Waals surface area contributed by atoms with Crippen molar-refractivity contribution in [2.24, 2.45) is 0 Å². The Morgan fingerprint density at radius 3 is 1.92 bits per heavy atom. The largest absolute Gasteiger partial charge is 0.497 e. The number of methoxy groups -OCH3 is 2. The Hall–Kier alpha value is -2.38. The lowest BCUT2D eigenvalue weighted by molar-refractivity contribution is -0.186. The van der Waals surface area contributed by atoms with Gasteiger partial charge in [-0.3, -0.25) is 14.2 Å². The zero-order valence-electron chi connectivity index (χ0n) is 20.8. The van der Waals surface area contributed by atoms with Crippen LogP contribution in [-0.2, 0) is 26.8 Å². The van der Waals surface area contributed by atoms with E-state index in [1.165, 1.54) is 26.4 Å². The number of halogens is 3. The molecule has 2 aromatic carbocycles. The highest BCUT2D eigenvalue weighted by molar-refractivity contribution is 8.02. The van der Waals surface area contributed by atoms with Crippen molar-refractivity contribution < 1.29 is 49.5 Å². The van der Waals surface area contributed by atoms with Gasteiger partial charge in [0.15, 0.2) is 0 Å². The van der Waals surface area contributed by atoms with Crippen molar-refractivity contribution in [3.63, 3.8) is 0 Å². The maximum atomic E-state index is 13.7. The molecule has 0 aliphatic rings. The van der Waals surface area contributed by atoms with Crippen molar-refractivity contribution in [1.82, 2.24) is 4.90 Å². The fraction of sp³-hybridized carbons (Fsp3) is 0.391. The Balaban J connectivity index is 2.30. The van der Waals surface area contributed by atoms with Crippen LogP contribution in [0.3, 0.4) is 0 Å². The van der Waals surface area contributed by atoms with Crippen LogP contribution in [0.1, 0.15) is 19.8 Å². The molecular weight excluding hydrogens is 570 g/mol. The van der Waals surface area contributed by atoms with Crippen molar-refractivity contribution in [2.75, 3.05) is 33.7 Å². The van der Waals surface area contributed by atoms with Crippen LogP contribution >= 0.6 is 31.7 Å². The molecule has 0 radical (unpaired) electrons. The second-order valence-electron chi connectivity index (χ2n) is 7.50. The summed E-state index contributed by atoms with van der Waals surface area (Å²) in [6.45, 7) is 0.691. The Kier molecular flexibility index (Phi) is 12.8. The number of rotatable bonds is 15. The molecular formula is C23H27F3NO8PS2. The van der Waals surface area contributed by atoms with Gasteiger partial charge in [0.25, 0.3) is 0 Å². The predicted octanol–water partition coefficient (Wildman–Crippen LogP) is 6.34. The number of hydrogen-bond acceptors (Lipinski definition) is 10. The summed E-state index contributed by atoms with van der Waals surface area (Å²) in [5.74, 6) is -2.59. The molecule has 9 nitrogen and oxygen atoms in total. The molecule has 0 spiro atoms. The predicted molar refractivity (Wildman–Crippen MR) is 136 cm³/mol. The SMILES string of the molecule is CCCCOC(=O)CN(CP(=O)(OSc1cccc(OC)c1)OSc1cccc(OC)c1)C(=O)C(F)(F)F. The molecule has 0 heterocycles. The van der Waals surface area contributed by atoms with Gasteiger partial charge in [-0.05, 0) is 42.8 Å². The Bertz CT molecular complexity index is 1070. The second-order valence-corrected chi connectivity index (χ2v) is 11.5. The molecule has 0 saturated heterocycles. The molecule has 0 bridgehead atoms. The van der Waals surface area contributed by atoms with Crippen molar-refractivity contribution in [3.05, 3.63) is 48.5 Å². The molecule has 0 aromatic heterocycles. The summed E-state index contributed by atoms with van der Waals surface area (Å²) in [6.07, 6.45) is -5.37. The van der Waals surface area contributed by atoms with Gasteiger partial charge in [0.2, 0.25) is 0 Å². The van der Waals surface area contributed by atoms with Gasteiger partial charge in [0, 0.05) is 33.9 Å². The summed E-state index contributed by atoms with van der Waals surface area (Å²) in [7, 11) is -1.65. The van der Waals surface area contributed by atoms with Crippen LogP contribution in [0.2, 0.25) is 0 Å². The van der Waals surface area contributed by atoms with Crippen molar-refractivity contribution in [2.45, 2.75) is 35.7 Å². The molecule has 2 aromatic rings. The van der Waals surface area contributed by atoms with Crippen molar-refractivity contribution in [3.8, 4) is 11.5 Å². The van der Waals surface area contributed by atoms with E-state index in [9.17, 15) is 27.3 Å². The quantitative estimate of drug-likeness (QED) is 0.100. The zero-order chi connectivity index (χ0) is 28.2. The number of unbranched alkanes of at least 4 members (excludes halogenated alkanes) is 1. The molecule has 1 amide bonds. The third-order valence-corrected chi connectivity index (χ3v) is 8.52. The topological polar surface area (TPSA) is 101 Å². The van der Waals surface area contributed by atoms with Gasteiger partial charge in [-0.1, -0.05) is 25.5 Å². The van der Waals surface area contributed by atoms with E-state index in [1.54, 1.807) is 36.4 Å². The molecule has 15 heteroatoms. The Morgan fingerprint density at radius 2 is 1.47 bits per heavy atom. The van der Waals surface area contributed by atoms with Gasteiger partial charge in [0.1, 0.15) is 24.3 Å². The van der Waals surface area contributed by atoms with Gasteiger partial charge >= 0.3 is 25.6 Å². The molecule has 38 heavy (non-hydrogen) atoms. The highest BCUT2D eigenvalue weighted by atomic mass is 32.2. The number of amides is 1. The van der Waals surface area contributed by atoms with Gasteiger partial charge < -0.3 is 19.1 Å². The first-order valence-electron chi connectivity index (χ1n) is 11.1. The molecule has 0 saturated carbocycles.